The lowest BCUT2D eigenvalue weighted by Crippen LogP contribution is -2.45. The summed E-state index contributed by atoms with van der Waals surface area (Å²) in [4.78, 5) is 43.3. The Morgan fingerprint density at radius 1 is 1.31 bits per heavy atom. The first-order valence-electron chi connectivity index (χ1n) is 10.8. The Kier molecular flexibility index (Phi) is 7.36. The maximum absolute atomic E-state index is 13.3. The summed E-state index contributed by atoms with van der Waals surface area (Å²) in [6, 6.07) is 8.44. The zero-order chi connectivity index (χ0) is 23.3. The molecule has 0 aliphatic carbocycles. The number of hydrogen-bond acceptors (Lipinski definition) is 5. The molecule has 0 aromatic heterocycles. The van der Waals surface area contributed by atoms with E-state index in [0.29, 0.717) is 35.7 Å². The average molecular weight is 440 g/mol. The van der Waals surface area contributed by atoms with Crippen LogP contribution in [0.2, 0.25) is 0 Å². The monoisotopic (exact) mass is 439 g/mol. The molecule has 2 aliphatic rings. The number of rotatable bonds is 9. The number of nitrogens with one attached hydrogen (secondary N) is 1. The van der Waals surface area contributed by atoms with E-state index in [2.05, 4.69) is 11.4 Å². The van der Waals surface area contributed by atoms with Crippen molar-refractivity contribution in [3.63, 3.8) is 0 Å². The van der Waals surface area contributed by atoms with Gasteiger partial charge in [-0.2, -0.15) is 5.26 Å². The molecule has 0 fully saturated rings. The molecule has 1 unspecified atom stereocenters. The molecule has 9 heteroatoms. The van der Waals surface area contributed by atoms with E-state index in [9.17, 15) is 14.4 Å². The highest BCUT2D eigenvalue weighted by Crippen LogP contribution is 2.38. The van der Waals surface area contributed by atoms with Crippen molar-refractivity contribution in [2.75, 3.05) is 40.3 Å². The number of likely N-dealkylation sites (N-methyl/N-ethyl adjacent to an activating group) is 1. The van der Waals surface area contributed by atoms with Crippen molar-refractivity contribution < 1.29 is 19.1 Å². The highest BCUT2D eigenvalue weighted by Gasteiger charge is 2.43. The maximum atomic E-state index is 13.3. The Bertz CT molecular complexity index is 967. The molecule has 1 atom stereocenters. The molecule has 2 aliphatic heterocycles. The Morgan fingerprint density at radius 3 is 2.75 bits per heavy atom. The van der Waals surface area contributed by atoms with Crippen LogP contribution in [0.15, 0.2) is 35.5 Å². The largest absolute Gasteiger partial charge is 0.496 e. The van der Waals surface area contributed by atoms with E-state index in [0.717, 1.165) is 6.42 Å². The third-order valence-corrected chi connectivity index (χ3v) is 5.82. The van der Waals surface area contributed by atoms with Gasteiger partial charge in [0.25, 0.3) is 5.91 Å². The number of carbonyl (C=O) groups is 3. The van der Waals surface area contributed by atoms with Crippen molar-refractivity contribution in [1.82, 2.24) is 20.0 Å². The van der Waals surface area contributed by atoms with E-state index < -0.39 is 6.04 Å². The fraction of sp³-hybridized carbons (Fsp3) is 0.478. The van der Waals surface area contributed by atoms with Gasteiger partial charge in [0.2, 0.25) is 5.91 Å². The van der Waals surface area contributed by atoms with Crippen LogP contribution in [0.1, 0.15) is 37.8 Å². The van der Waals surface area contributed by atoms with Gasteiger partial charge in [0.05, 0.1) is 43.5 Å². The molecule has 32 heavy (non-hydrogen) atoms. The predicted octanol–water partition coefficient (Wildman–Crippen LogP) is 2.03. The lowest BCUT2D eigenvalue weighted by atomic mass is 9.95. The number of benzene rings is 1. The number of nitrogens with zero attached hydrogens (tertiary/aromatic N) is 4. The molecule has 0 radical (unpaired) electrons. The van der Waals surface area contributed by atoms with Gasteiger partial charge in [0.1, 0.15) is 5.75 Å². The molecule has 170 valence electrons. The summed E-state index contributed by atoms with van der Waals surface area (Å²) in [6.07, 6.45) is 1.25. The van der Waals surface area contributed by atoms with Gasteiger partial charge in [0.15, 0.2) is 0 Å². The molecule has 0 saturated carbocycles. The Morgan fingerprint density at radius 2 is 2.06 bits per heavy atom. The Balaban J connectivity index is 1.78. The second-order valence-corrected chi connectivity index (χ2v) is 7.81. The number of nitriles is 1. The van der Waals surface area contributed by atoms with Gasteiger partial charge in [-0.15, -0.1) is 0 Å². The number of amides is 4. The minimum absolute atomic E-state index is 0.0800. The number of urea groups is 1. The standard InChI is InChI=1S/C23H29N5O4/c1-4-12-27(13-7-11-24)19(29)10-14-28-15-17-20(22(28)30)21(25-23(31)26(17)2)16-8-5-6-9-18(16)32-3/h5-6,8-9,21H,4,7,10,12-15H2,1-3H3,(H,25,31). The molecular formula is C23H29N5O4. The summed E-state index contributed by atoms with van der Waals surface area (Å²) in [6.45, 7) is 3.47. The van der Waals surface area contributed by atoms with E-state index in [1.165, 1.54) is 4.90 Å². The fourth-order valence-electron chi connectivity index (χ4n) is 4.15. The van der Waals surface area contributed by atoms with E-state index in [1.54, 1.807) is 30.0 Å². The summed E-state index contributed by atoms with van der Waals surface area (Å²) < 4.78 is 5.45. The van der Waals surface area contributed by atoms with Gasteiger partial charge in [-0.25, -0.2) is 4.79 Å². The fourth-order valence-corrected chi connectivity index (χ4v) is 4.15. The van der Waals surface area contributed by atoms with E-state index in [1.807, 2.05) is 25.1 Å². The van der Waals surface area contributed by atoms with Crippen LogP contribution in [-0.2, 0) is 9.59 Å². The third-order valence-electron chi connectivity index (χ3n) is 5.82. The van der Waals surface area contributed by atoms with Crippen LogP contribution >= 0.6 is 0 Å². The normalized spacial score (nSPS) is 17.8. The summed E-state index contributed by atoms with van der Waals surface area (Å²) in [7, 11) is 3.18. The van der Waals surface area contributed by atoms with Gasteiger partial charge < -0.3 is 19.9 Å². The molecule has 4 amide bonds. The summed E-state index contributed by atoms with van der Waals surface area (Å²) in [5.41, 5.74) is 1.84. The molecule has 3 rings (SSSR count). The SMILES string of the molecule is CCCN(CCC#N)C(=O)CCN1CC2=C(C1=O)C(c1ccccc1OC)NC(=O)N2C. The van der Waals surface area contributed by atoms with Crippen LogP contribution in [0, 0.1) is 11.3 Å². The summed E-state index contributed by atoms with van der Waals surface area (Å²) in [5, 5.41) is 11.7. The van der Waals surface area contributed by atoms with E-state index in [-0.39, 0.29) is 43.8 Å². The number of carbonyl (C=O) groups excluding carboxylic acids is 3. The smallest absolute Gasteiger partial charge is 0.322 e. The molecular weight excluding hydrogens is 410 g/mol. The molecule has 0 spiro atoms. The van der Waals surface area contributed by atoms with Crippen molar-refractivity contribution in [1.29, 1.82) is 5.26 Å². The van der Waals surface area contributed by atoms with Gasteiger partial charge in [-0.1, -0.05) is 25.1 Å². The number of methoxy groups -OCH3 is 1. The van der Waals surface area contributed by atoms with Gasteiger partial charge >= 0.3 is 6.03 Å². The molecule has 9 nitrogen and oxygen atoms in total. The average Bonchev–Trinajstić information content (AvgIpc) is 3.13. The molecule has 1 N–H and O–H groups in total. The Hall–Kier alpha value is -3.54. The Labute approximate surface area is 188 Å². The highest BCUT2D eigenvalue weighted by atomic mass is 16.5. The first-order chi connectivity index (χ1) is 15.4. The van der Waals surface area contributed by atoms with Crippen molar-refractivity contribution in [2.24, 2.45) is 0 Å². The van der Waals surface area contributed by atoms with Gasteiger partial charge in [0, 0.05) is 38.7 Å². The van der Waals surface area contributed by atoms with Crippen LogP contribution < -0.4 is 10.1 Å². The van der Waals surface area contributed by atoms with E-state index in [4.69, 9.17) is 10.00 Å². The van der Waals surface area contributed by atoms with Crippen molar-refractivity contribution in [3.8, 4) is 11.8 Å². The summed E-state index contributed by atoms with van der Waals surface area (Å²) >= 11 is 0. The molecule has 0 saturated heterocycles. The minimum atomic E-state index is -0.620. The van der Waals surface area contributed by atoms with Crippen LogP contribution in [0.25, 0.3) is 0 Å². The van der Waals surface area contributed by atoms with Crippen LogP contribution in [0.5, 0.6) is 5.75 Å². The molecule has 1 aromatic carbocycles. The predicted molar refractivity (Wildman–Crippen MR) is 117 cm³/mol. The zero-order valence-electron chi connectivity index (χ0n) is 18.8. The van der Waals surface area contributed by atoms with Crippen LogP contribution in [0.3, 0.4) is 0 Å². The quantitative estimate of drug-likeness (QED) is 0.634. The molecule has 2 heterocycles. The first-order valence-corrected chi connectivity index (χ1v) is 10.8. The first kappa shape index (κ1) is 23.1. The van der Waals surface area contributed by atoms with Gasteiger partial charge in [-0.3, -0.25) is 14.5 Å². The maximum Gasteiger partial charge on any atom is 0.322 e. The zero-order valence-corrected chi connectivity index (χ0v) is 18.8. The highest BCUT2D eigenvalue weighted by molar-refractivity contribution is 6.01. The summed E-state index contributed by atoms with van der Waals surface area (Å²) in [5.74, 6) is 0.307. The third kappa shape index (κ3) is 4.54. The molecule has 1 aromatic rings. The number of ether oxygens (including phenoxy) is 1. The number of para-hydroxylation sites is 1. The topological polar surface area (TPSA) is 106 Å². The molecule has 0 bridgehead atoms. The van der Waals surface area contributed by atoms with Gasteiger partial charge in [-0.05, 0) is 12.5 Å². The van der Waals surface area contributed by atoms with Crippen molar-refractivity contribution in [2.45, 2.75) is 32.2 Å². The second-order valence-electron chi connectivity index (χ2n) is 7.81. The number of hydrogen-bond donors (Lipinski definition) is 1. The second kappa shape index (κ2) is 10.2. The lowest BCUT2D eigenvalue weighted by Gasteiger charge is -2.31. The van der Waals surface area contributed by atoms with Crippen molar-refractivity contribution in [3.05, 3.63) is 41.1 Å². The van der Waals surface area contributed by atoms with E-state index >= 15 is 0 Å². The van der Waals surface area contributed by atoms with Crippen LogP contribution in [-0.4, -0.2) is 72.9 Å². The minimum Gasteiger partial charge on any atom is -0.496 e. The lowest BCUT2D eigenvalue weighted by molar-refractivity contribution is -0.132. The van der Waals surface area contributed by atoms with Crippen LogP contribution in [0.4, 0.5) is 4.79 Å². The van der Waals surface area contributed by atoms with Crippen molar-refractivity contribution >= 4 is 17.8 Å².